The first-order chi connectivity index (χ1) is 9.70. The second kappa shape index (κ2) is 5.52. The van der Waals surface area contributed by atoms with E-state index in [1.54, 1.807) is 16.9 Å². The zero-order chi connectivity index (χ0) is 14.1. The molecule has 1 unspecified atom stereocenters. The number of rotatable bonds is 2. The zero-order valence-electron chi connectivity index (χ0n) is 11.4. The van der Waals surface area contributed by atoms with E-state index in [0.717, 1.165) is 30.3 Å². The van der Waals surface area contributed by atoms with Gasteiger partial charge in [0, 0.05) is 25.0 Å². The number of hydrogen-bond donors (Lipinski definition) is 0. The maximum atomic E-state index is 12.7. The summed E-state index contributed by atoms with van der Waals surface area (Å²) >= 11 is 3.36. The van der Waals surface area contributed by atoms with Gasteiger partial charge < -0.3 is 4.90 Å². The summed E-state index contributed by atoms with van der Waals surface area (Å²) in [7, 11) is 0. The Balaban J connectivity index is 1.95. The van der Waals surface area contributed by atoms with Crippen molar-refractivity contribution in [2.45, 2.75) is 38.6 Å². The number of carbonyl (C=O) groups excluding carboxylic acids is 1. The quantitative estimate of drug-likeness (QED) is 0.847. The van der Waals surface area contributed by atoms with Crippen molar-refractivity contribution in [2.75, 3.05) is 6.54 Å². The molecule has 1 fully saturated rings. The molecule has 2 aromatic heterocycles. The highest BCUT2D eigenvalue weighted by atomic mass is 79.9. The smallest absolute Gasteiger partial charge is 0.259 e. The first-order valence-electron chi connectivity index (χ1n) is 7.00. The minimum Gasteiger partial charge on any atom is -0.336 e. The summed E-state index contributed by atoms with van der Waals surface area (Å²) in [5, 5.41) is 4.22. The molecule has 0 radical (unpaired) electrons. The van der Waals surface area contributed by atoms with Crippen LogP contribution in [0.15, 0.2) is 23.1 Å². The van der Waals surface area contributed by atoms with Crippen LogP contribution in [-0.2, 0) is 0 Å². The normalized spacial score (nSPS) is 19.5. The lowest BCUT2D eigenvalue weighted by Gasteiger charge is -2.35. The number of amides is 1. The van der Waals surface area contributed by atoms with E-state index in [-0.39, 0.29) is 5.91 Å². The molecule has 20 heavy (non-hydrogen) atoms. The number of carbonyl (C=O) groups is 1. The van der Waals surface area contributed by atoms with Gasteiger partial charge in [0.15, 0.2) is 5.65 Å². The summed E-state index contributed by atoms with van der Waals surface area (Å²) in [5.74, 6) is 0.0568. The Bertz CT molecular complexity index is 639. The van der Waals surface area contributed by atoms with Crippen molar-refractivity contribution in [2.24, 2.45) is 0 Å². The molecular formula is C14H17BrN4O. The van der Waals surface area contributed by atoms with Crippen LogP contribution in [0.25, 0.3) is 5.65 Å². The van der Waals surface area contributed by atoms with Gasteiger partial charge in [-0.05, 0) is 41.6 Å². The maximum Gasteiger partial charge on any atom is 0.259 e. The molecule has 1 aliphatic rings. The van der Waals surface area contributed by atoms with Crippen molar-refractivity contribution < 1.29 is 4.79 Å². The minimum absolute atomic E-state index is 0.0568. The van der Waals surface area contributed by atoms with Crippen LogP contribution in [0.4, 0.5) is 0 Å². The highest BCUT2D eigenvalue weighted by Crippen LogP contribution is 2.23. The number of aromatic nitrogens is 3. The second-order valence-electron chi connectivity index (χ2n) is 5.16. The van der Waals surface area contributed by atoms with Gasteiger partial charge in [-0.3, -0.25) is 4.79 Å². The molecule has 0 N–H and O–H groups in total. The topological polar surface area (TPSA) is 50.5 Å². The zero-order valence-corrected chi connectivity index (χ0v) is 13.0. The lowest BCUT2D eigenvalue weighted by Crippen LogP contribution is -2.43. The Hall–Kier alpha value is -1.43. The third-order valence-electron chi connectivity index (χ3n) is 3.91. The molecule has 3 heterocycles. The maximum absolute atomic E-state index is 12.7. The van der Waals surface area contributed by atoms with Gasteiger partial charge >= 0.3 is 0 Å². The van der Waals surface area contributed by atoms with Crippen LogP contribution in [0.3, 0.4) is 0 Å². The Labute approximate surface area is 126 Å². The van der Waals surface area contributed by atoms with Crippen LogP contribution >= 0.6 is 15.9 Å². The first-order valence-corrected chi connectivity index (χ1v) is 7.80. The van der Waals surface area contributed by atoms with E-state index >= 15 is 0 Å². The molecule has 0 aliphatic carbocycles. The standard InChI is InChI=1S/C14H17BrN4O/c1-2-11-5-3-4-6-18(11)14(20)12-8-17-19-9-10(15)7-16-13(12)19/h7-9,11H,2-6H2,1H3. The summed E-state index contributed by atoms with van der Waals surface area (Å²) in [4.78, 5) is 19.1. The third-order valence-corrected chi connectivity index (χ3v) is 4.32. The first kappa shape index (κ1) is 13.5. The van der Waals surface area contributed by atoms with Crippen LogP contribution in [-0.4, -0.2) is 38.0 Å². The molecule has 0 spiro atoms. The van der Waals surface area contributed by atoms with E-state index in [1.165, 1.54) is 6.42 Å². The van der Waals surface area contributed by atoms with Crippen LogP contribution < -0.4 is 0 Å². The van der Waals surface area contributed by atoms with Gasteiger partial charge in [0.25, 0.3) is 5.91 Å². The molecule has 0 bridgehead atoms. The Kier molecular flexibility index (Phi) is 3.74. The van der Waals surface area contributed by atoms with Crippen LogP contribution in [0.2, 0.25) is 0 Å². The van der Waals surface area contributed by atoms with Crippen LogP contribution in [0.1, 0.15) is 43.0 Å². The summed E-state index contributed by atoms with van der Waals surface area (Å²) in [6.07, 6.45) is 9.53. The van der Waals surface area contributed by atoms with E-state index in [2.05, 4.69) is 32.9 Å². The fraction of sp³-hybridized carbons (Fsp3) is 0.500. The number of hydrogen-bond acceptors (Lipinski definition) is 3. The lowest BCUT2D eigenvalue weighted by atomic mass is 9.99. The SMILES string of the molecule is CCC1CCCCN1C(=O)c1cnn2cc(Br)cnc12. The summed E-state index contributed by atoms with van der Waals surface area (Å²) in [6.45, 7) is 2.98. The molecule has 6 heteroatoms. The average Bonchev–Trinajstić information content (AvgIpc) is 2.89. The minimum atomic E-state index is 0.0568. The number of piperidine rings is 1. The van der Waals surface area contributed by atoms with E-state index in [4.69, 9.17) is 0 Å². The summed E-state index contributed by atoms with van der Waals surface area (Å²) in [5.41, 5.74) is 1.22. The fourth-order valence-electron chi connectivity index (χ4n) is 2.85. The van der Waals surface area contributed by atoms with Gasteiger partial charge in [-0.25, -0.2) is 9.50 Å². The van der Waals surface area contributed by atoms with Crippen molar-refractivity contribution in [1.82, 2.24) is 19.5 Å². The largest absolute Gasteiger partial charge is 0.336 e. The van der Waals surface area contributed by atoms with Crippen molar-refractivity contribution >= 4 is 27.5 Å². The van der Waals surface area contributed by atoms with Gasteiger partial charge in [0.1, 0.15) is 5.56 Å². The van der Waals surface area contributed by atoms with Crippen molar-refractivity contribution in [1.29, 1.82) is 0 Å². The molecule has 0 saturated carbocycles. The van der Waals surface area contributed by atoms with E-state index < -0.39 is 0 Å². The van der Waals surface area contributed by atoms with Gasteiger partial charge in [-0.1, -0.05) is 6.92 Å². The van der Waals surface area contributed by atoms with Gasteiger partial charge in [-0.2, -0.15) is 5.10 Å². The predicted molar refractivity (Wildman–Crippen MR) is 79.7 cm³/mol. The Morgan fingerprint density at radius 1 is 1.45 bits per heavy atom. The number of nitrogens with zero attached hydrogens (tertiary/aromatic N) is 4. The van der Waals surface area contributed by atoms with Crippen molar-refractivity contribution in [3.8, 4) is 0 Å². The van der Waals surface area contributed by atoms with E-state index in [0.29, 0.717) is 17.3 Å². The number of fused-ring (bicyclic) bond motifs is 1. The molecule has 5 nitrogen and oxygen atoms in total. The van der Waals surface area contributed by atoms with Gasteiger partial charge in [0.2, 0.25) is 0 Å². The predicted octanol–water partition coefficient (Wildman–Crippen LogP) is 2.90. The molecule has 1 atom stereocenters. The molecule has 106 valence electrons. The van der Waals surface area contributed by atoms with Crippen LogP contribution in [0.5, 0.6) is 0 Å². The molecule has 2 aromatic rings. The molecular weight excluding hydrogens is 320 g/mol. The van der Waals surface area contributed by atoms with Crippen molar-refractivity contribution in [3.05, 3.63) is 28.6 Å². The number of halogens is 1. The van der Waals surface area contributed by atoms with Crippen molar-refractivity contribution in [3.63, 3.8) is 0 Å². The third kappa shape index (κ3) is 2.32. The number of likely N-dealkylation sites (tertiary alicyclic amines) is 1. The Morgan fingerprint density at radius 2 is 2.30 bits per heavy atom. The van der Waals surface area contributed by atoms with Gasteiger partial charge in [0.05, 0.1) is 10.7 Å². The lowest BCUT2D eigenvalue weighted by molar-refractivity contribution is 0.0610. The second-order valence-corrected chi connectivity index (χ2v) is 6.07. The highest BCUT2D eigenvalue weighted by Gasteiger charge is 2.28. The average molecular weight is 337 g/mol. The van der Waals surface area contributed by atoms with Gasteiger partial charge in [-0.15, -0.1) is 0 Å². The monoisotopic (exact) mass is 336 g/mol. The summed E-state index contributed by atoms with van der Waals surface area (Å²) in [6, 6.07) is 0.349. The molecule has 1 aliphatic heterocycles. The van der Waals surface area contributed by atoms with Crippen LogP contribution in [0, 0.1) is 0 Å². The fourth-order valence-corrected chi connectivity index (χ4v) is 3.15. The molecule has 1 amide bonds. The van der Waals surface area contributed by atoms with E-state index in [9.17, 15) is 4.79 Å². The highest BCUT2D eigenvalue weighted by molar-refractivity contribution is 9.10. The Morgan fingerprint density at radius 3 is 3.10 bits per heavy atom. The molecule has 3 rings (SSSR count). The summed E-state index contributed by atoms with van der Waals surface area (Å²) < 4.78 is 2.49. The molecule has 1 saturated heterocycles. The van der Waals surface area contributed by atoms with E-state index in [1.807, 2.05) is 11.1 Å². The molecule has 0 aromatic carbocycles.